The number of nitrogens with one attached hydrogen (secondary N) is 1. The Morgan fingerprint density at radius 1 is 1.45 bits per heavy atom. The summed E-state index contributed by atoms with van der Waals surface area (Å²) >= 11 is 3.52. The highest BCUT2D eigenvalue weighted by atomic mass is 79.9. The molecular formula is C15H22BrNO3. The number of benzene rings is 1. The summed E-state index contributed by atoms with van der Waals surface area (Å²) in [6.45, 7) is 3.74. The smallest absolute Gasteiger partial charge is 0.303 e. The molecule has 0 aliphatic carbocycles. The average Bonchev–Trinajstić information content (AvgIpc) is 2.43. The number of carbonyl (C=O) groups is 1. The predicted octanol–water partition coefficient (Wildman–Crippen LogP) is 3.44. The topological polar surface area (TPSA) is 58.6 Å². The first kappa shape index (κ1) is 17.0. The molecule has 20 heavy (non-hydrogen) atoms. The van der Waals surface area contributed by atoms with Gasteiger partial charge in [0.2, 0.25) is 0 Å². The second-order valence-corrected chi connectivity index (χ2v) is 5.81. The van der Waals surface area contributed by atoms with Crippen molar-refractivity contribution < 1.29 is 14.6 Å². The lowest BCUT2D eigenvalue weighted by Crippen LogP contribution is -2.17. The highest BCUT2D eigenvalue weighted by Crippen LogP contribution is 2.22. The Kier molecular flexibility index (Phi) is 7.62. The van der Waals surface area contributed by atoms with Crippen LogP contribution in [0.2, 0.25) is 0 Å². The lowest BCUT2D eigenvalue weighted by atomic mass is 10.0. The molecule has 1 aromatic rings. The van der Waals surface area contributed by atoms with Crippen molar-refractivity contribution in [3.05, 3.63) is 28.2 Å². The summed E-state index contributed by atoms with van der Waals surface area (Å²) in [5.41, 5.74) is 1.16. The van der Waals surface area contributed by atoms with Gasteiger partial charge in [-0.05, 0) is 49.1 Å². The van der Waals surface area contributed by atoms with Gasteiger partial charge in [-0.25, -0.2) is 0 Å². The van der Waals surface area contributed by atoms with Crippen molar-refractivity contribution in [1.29, 1.82) is 0 Å². The lowest BCUT2D eigenvalue weighted by molar-refractivity contribution is -0.137. The van der Waals surface area contributed by atoms with Gasteiger partial charge in [-0.15, -0.1) is 0 Å². The predicted molar refractivity (Wildman–Crippen MR) is 83.1 cm³/mol. The van der Waals surface area contributed by atoms with Crippen molar-refractivity contribution in [1.82, 2.24) is 5.32 Å². The zero-order chi connectivity index (χ0) is 15.0. The normalized spacial score (nSPS) is 12.2. The third-order valence-corrected chi connectivity index (χ3v) is 4.01. The molecule has 1 atom stereocenters. The van der Waals surface area contributed by atoms with Crippen molar-refractivity contribution in [3.63, 3.8) is 0 Å². The molecule has 112 valence electrons. The van der Waals surface area contributed by atoms with Crippen molar-refractivity contribution in [2.24, 2.45) is 5.92 Å². The summed E-state index contributed by atoms with van der Waals surface area (Å²) in [6.07, 6.45) is 1.97. The highest BCUT2D eigenvalue weighted by molar-refractivity contribution is 9.10. The van der Waals surface area contributed by atoms with Gasteiger partial charge in [0, 0.05) is 17.4 Å². The summed E-state index contributed by atoms with van der Waals surface area (Å²) < 4.78 is 6.26. The van der Waals surface area contributed by atoms with E-state index >= 15 is 0 Å². The molecular weight excluding hydrogens is 322 g/mol. The fraction of sp³-hybridized carbons (Fsp3) is 0.533. The minimum atomic E-state index is -0.717. The van der Waals surface area contributed by atoms with Gasteiger partial charge in [-0.1, -0.05) is 22.9 Å². The third-order valence-electron chi connectivity index (χ3n) is 3.23. The third kappa shape index (κ3) is 6.39. The van der Waals surface area contributed by atoms with Gasteiger partial charge in [-0.3, -0.25) is 4.79 Å². The number of ether oxygens (including phenoxy) is 1. The zero-order valence-electron chi connectivity index (χ0n) is 12.0. The van der Waals surface area contributed by atoms with E-state index in [1.807, 2.05) is 18.2 Å². The molecule has 0 heterocycles. The van der Waals surface area contributed by atoms with Gasteiger partial charge in [0.15, 0.2) is 0 Å². The Morgan fingerprint density at radius 3 is 2.85 bits per heavy atom. The van der Waals surface area contributed by atoms with Gasteiger partial charge >= 0.3 is 5.97 Å². The van der Waals surface area contributed by atoms with Gasteiger partial charge in [0.25, 0.3) is 0 Å². The van der Waals surface area contributed by atoms with E-state index in [9.17, 15) is 4.79 Å². The van der Waals surface area contributed by atoms with Gasteiger partial charge in [0.1, 0.15) is 5.75 Å². The SMILES string of the molecule is COc1ccc(Br)c(CNCCC(C)CCC(=O)O)c1. The molecule has 0 saturated heterocycles. The first-order chi connectivity index (χ1) is 9.52. The van der Waals surface area contributed by atoms with Gasteiger partial charge in [0.05, 0.1) is 7.11 Å². The Morgan fingerprint density at radius 2 is 2.20 bits per heavy atom. The summed E-state index contributed by atoms with van der Waals surface area (Å²) in [4.78, 5) is 10.5. The fourth-order valence-corrected chi connectivity index (χ4v) is 2.29. The maximum Gasteiger partial charge on any atom is 0.303 e. The molecule has 0 aliphatic heterocycles. The molecule has 5 heteroatoms. The lowest BCUT2D eigenvalue weighted by Gasteiger charge is -2.12. The van der Waals surface area contributed by atoms with E-state index < -0.39 is 5.97 Å². The van der Waals surface area contributed by atoms with Crippen LogP contribution in [0, 0.1) is 5.92 Å². The monoisotopic (exact) mass is 343 g/mol. The first-order valence-electron chi connectivity index (χ1n) is 6.78. The summed E-state index contributed by atoms with van der Waals surface area (Å²) in [6, 6.07) is 5.90. The average molecular weight is 344 g/mol. The van der Waals surface area contributed by atoms with E-state index in [0.29, 0.717) is 5.92 Å². The molecule has 0 fully saturated rings. The molecule has 0 aromatic heterocycles. The molecule has 4 nitrogen and oxygen atoms in total. The van der Waals surface area contributed by atoms with Crippen LogP contribution in [0.5, 0.6) is 5.75 Å². The van der Waals surface area contributed by atoms with Crippen molar-refractivity contribution >= 4 is 21.9 Å². The van der Waals surface area contributed by atoms with E-state index in [-0.39, 0.29) is 6.42 Å². The van der Waals surface area contributed by atoms with E-state index in [1.165, 1.54) is 0 Å². The molecule has 2 N–H and O–H groups in total. The van der Waals surface area contributed by atoms with Crippen LogP contribution in [0.1, 0.15) is 31.7 Å². The Hall–Kier alpha value is -1.07. The van der Waals surface area contributed by atoms with E-state index in [2.05, 4.69) is 28.2 Å². The Bertz CT molecular complexity index is 437. The molecule has 0 amide bonds. The molecule has 0 radical (unpaired) electrons. The van der Waals surface area contributed by atoms with Crippen LogP contribution in [0.25, 0.3) is 0 Å². The highest BCUT2D eigenvalue weighted by Gasteiger charge is 2.06. The van der Waals surface area contributed by atoms with Crippen molar-refractivity contribution in [2.75, 3.05) is 13.7 Å². The summed E-state index contributed by atoms with van der Waals surface area (Å²) in [5.74, 6) is 0.553. The van der Waals surface area contributed by atoms with Crippen LogP contribution in [0.3, 0.4) is 0 Å². The minimum absolute atomic E-state index is 0.253. The summed E-state index contributed by atoms with van der Waals surface area (Å²) in [7, 11) is 1.66. The van der Waals surface area contributed by atoms with Crippen molar-refractivity contribution in [2.45, 2.75) is 32.7 Å². The minimum Gasteiger partial charge on any atom is -0.497 e. The molecule has 0 saturated carbocycles. The molecule has 0 aliphatic rings. The number of rotatable bonds is 9. The number of hydrogen-bond donors (Lipinski definition) is 2. The largest absolute Gasteiger partial charge is 0.497 e. The second-order valence-electron chi connectivity index (χ2n) is 4.96. The Balaban J connectivity index is 2.28. The van der Waals surface area contributed by atoms with E-state index in [4.69, 9.17) is 9.84 Å². The van der Waals surface area contributed by atoms with Gasteiger partial charge in [-0.2, -0.15) is 0 Å². The van der Waals surface area contributed by atoms with Gasteiger partial charge < -0.3 is 15.2 Å². The molecule has 0 spiro atoms. The maximum absolute atomic E-state index is 10.5. The number of hydrogen-bond acceptors (Lipinski definition) is 3. The number of methoxy groups -OCH3 is 1. The van der Waals surface area contributed by atoms with Crippen LogP contribution in [0.15, 0.2) is 22.7 Å². The van der Waals surface area contributed by atoms with Crippen LogP contribution in [0.4, 0.5) is 0 Å². The maximum atomic E-state index is 10.5. The van der Waals surface area contributed by atoms with Crippen LogP contribution in [-0.2, 0) is 11.3 Å². The molecule has 1 rings (SSSR count). The van der Waals surface area contributed by atoms with Crippen LogP contribution < -0.4 is 10.1 Å². The zero-order valence-corrected chi connectivity index (χ0v) is 13.6. The quantitative estimate of drug-likeness (QED) is 0.674. The molecule has 1 unspecified atom stereocenters. The second kappa shape index (κ2) is 8.97. The fourth-order valence-electron chi connectivity index (χ4n) is 1.90. The number of carboxylic acid groups (broad SMARTS) is 1. The number of carboxylic acids is 1. The van der Waals surface area contributed by atoms with Crippen LogP contribution >= 0.6 is 15.9 Å². The Labute approximate surface area is 128 Å². The van der Waals surface area contributed by atoms with Crippen LogP contribution in [-0.4, -0.2) is 24.7 Å². The molecule has 1 aromatic carbocycles. The number of halogens is 1. The van der Waals surface area contributed by atoms with Crippen molar-refractivity contribution in [3.8, 4) is 5.75 Å². The first-order valence-corrected chi connectivity index (χ1v) is 7.57. The standard InChI is InChI=1S/C15H22BrNO3/c1-11(3-6-15(18)19)7-8-17-10-12-9-13(20-2)4-5-14(12)16/h4-5,9,11,17H,3,6-8,10H2,1-2H3,(H,18,19). The van der Waals surface area contributed by atoms with E-state index in [1.54, 1.807) is 7.11 Å². The number of aliphatic carboxylic acids is 1. The van der Waals surface area contributed by atoms with E-state index in [0.717, 1.165) is 41.7 Å². The summed E-state index contributed by atoms with van der Waals surface area (Å²) in [5, 5.41) is 12.0. The molecule has 0 bridgehead atoms.